The lowest BCUT2D eigenvalue weighted by Gasteiger charge is -2.33. The molecule has 198 valence electrons. The Labute approximate surface area is 208 Å². The number of aliphatic carboxylic acids is 1. The standard InChI is InChI=1S/C26H42N2O7/c1-7-11-20(15-27-24(32)35-26(4,5)6)22(29)16-28(21(23(30)31)14-18(2)3)25(33)34-17-19-12-9-8-10-13-19/h8-10,12-13,18,20-22,29H,7,11,14-17H2,1-6H3,(H,27,32)(H,30,31)/t20?,21-,22+/m0/s1. The van der Waals surface area contributed by atoms with Crippen molar-refractivity contribution >= 4 is 18.2 Å². The number of nitrogens with one attached hydrogen (secondary N) is 1. The SMILES string of the molecule is CCCC(CNC(=O)OC(C)(C)C)[C@H](O)CN(C(=O)OCc1ccccc1)[C@@H](CC(C)C)C(=O)O. The average molecular weight is 495 g/mol. The van der Waals surface area contributed by atoms with E-state index >= 15 is 0 Å². The summed E-state index contributed by atoms with van der Waals surface area (Å²) in [5.74, 6) is -1.58. The highest BCUT2D eigenvalue weighted by Crippen LogP contribution is 2.19. The van der Waals surface area contributed by atoms with Gasteiger partial charge in [-0.2, -0.15) is 0 Å². The second-order valence-electron chi connectivity index (χ2n) is 10.2. The summed E-state index contributed by atoms with van der Waals surface area (Å²) in [4.78, 5) is 38.3. The van der Waals surface area contributed by atoms with Crippen molar-refractivity contribution < 1.29 is 34.1 Å². The maximum absolute atomic E-state index is 13.0. The number of hydrogen-bond donors (Lipinski definition) is 3. The van der Waals surface area contributed by atoms with Crippen molar-refractivity contribution in [1.29, 1.82) is 0 Å². The normalized spacial score (nSPS) is 14.1. The summed E-state index contributed by atoms with van der Waals surface area (Å²) in [6.07, 6.45) is -0.999. The molecule has 1 aromatic carbocycles. The van der Waals surface area contributed by atoms with Gasteiger partial charge in [-0.05, 0) is 45.1 Å². The summed E-state index contributed by atoms with van der Waals surface area (Å²) < 4.78 is 10.7. The average Bonchev–Trinajstić information content (AvgIpc) is 2.76. The molecule has 2 amide bonds. The fourth-order valence-electron chi connectivity index (χ4n) is 3.62. The Hall–Kier alpha value is -2.81. The zero-order chi connectivity index (χ0) is 26.6. The molecule has 0 aliphatic carbocycles. The van der Waals surface area contributed by atoms with Gasteiger partial charge >= 0.3 is 18.2 Å². The predicted octanol–water partition coefficient (Wildman–Crippen LogP) is 4.43. The van der Waals surface area contributed by atoms with Crippen LogP contribution in [0, 0.1) is 11.8 Å². The molecule has 1 aromatic rings. The molecule has 9 nitrogen and oxygen atoms in total. The van der Waals surface area contributed by atoms with Crippen LogP contribution in [0.1, 0.15) is 66.4 Å². The quantitative estimate of drug-likeness (QED) is 0.370. The number of carbonyl (C=O) groups is 3. The Morgan fingerprint density at radius 2 is 1.74 bits per heavy atom. The summed E-state index contributed by atoms with van der Waals surface area (Å²) in [6.45, 7) is 10.8. The number of carboxylic acids is 1. The first-order valence-electron chi connectivity index (χ1n) is 12.2. The van der Waals surface area contributed by atoms with Crippen LogP contribution in [0.3, 0.4) is 0 Å². The Morgan fingerprint density at radius 3 is 2.26 bits per heavy atom. The lowest BCUT2D eigenvalue weighted by atomic mass is 9.95. The molecular formula is C26H42N2O7. The number of aliphatic hydroxyl groups is 1. The highest BCUT2D eigenvalue weighted by Gasteiger charge is 2.35. The van der Waals surface area contributed by atoms with Gasteiger partial charge in [0.05, 0.1) is 12.6 Å². The Kier molecular flexibility index (Phi) is 12.6. The molecule has 3 N–H and O–H groups in total. The zero-order valence-corrected chi connectivity index (χ0v) is 21.8. The third kappa shape index (κ3) is 11.9. The molecule has 0 aliphatic rings. The number of aliphatic hydroxyl groups excluding tert-OH is 1. The van der Waals surface area contributed by atoms with E-state index in [1.165, 1.54) is 0 Å². The van der Waals surface area contributed by atoms with Crippen LogP contribution in [0.2, 0.25) is 0 Å². The van der Waals surface area contributed by atoms with Gasteiger partial charge in [0.1, 0.15) is 18.2 Å². The number of nitrogens with zero attached hydrogens (tertiary/aromatic N) is 1. The van der Waals surface area contributed by atoms with E-state index in [1.807, 2.05) is 39.0 Å². The first-order valence-corrected chi connectivity index (χ1v) is 12.2. The van der Waals surface area contributed by atoms with Gasteiger partial charge in [0, 0.05) is 12.5 Å². The highest BCUT2D eigenvalue weighted by molar-refractivity contribution is 5.80. The van der Waals surface area contributed by atoms with E-state index in [-0.39, 0.29) is 32.0 Å². The molecule has 35 heavy (non-hydrogen) atoms. The molecule has 0 radical (unpaired) electrons. The minimum absolute atomic E-state index is 0.00191. The third-order valence-corrected chi connectivity index (χ3v) is 5.29. The molecule has 1 rings (SSSR count). The summed E-state index contributed by atoms with van der Waals surface area (Å²) in [5.41, 5.74) is 0.107. The summed E-state index contributed by atoms with van der Waals surface area (Å²) in [5, 5.41) is 23.5. The number of hydrogen-bond acceptors (Lipinski definition) is 6. The molecule has 9 heteroatoms. The number of amides is 2. The number of rotatable bonds is 13. The van der Waals surface area contributed by atoms with Gasteiger partial charge in [-0.15, -0.1) is 0 Å². The summed E-state index contributed by atoms with van der Waals surface area (Å²) in [6, 6.07) is 7.92. The maximum atomic E-state index is 13.0. The molecule has 0 spiro atoms. The van der Waals surface area contributed by atoms with Crippen LogP contribution in [0.25, 0.3) is 0 Å². The minimum atomic E-state index is -1.17. The van der Waals surface area contributed by atoms with Gasteiger partial charge in [-0.25, -0.2) is 14.4 Å². The van der Waals surface area contributed by atoms with Crippen LogP contribution < -0.4 is 5.32 Å². The molecule has 1 unspecified atom stereocenters. The van der Waals surface area contributed by atoms with Crippen molar-refractivity contribution in [1.82, 2.24) is 10.2 Å². The second kappa shape index (κ2) is 14.6. The van der Waals surface area contributed by atoms with Crippen molar-refractivity contribution in [2.24, 2.45) is 11.8 Å². The largest absolute Gasteiger partial charge is 0.480 e. The van der Waals surface area contributed by atoms with Crippen LogP contribution in [0.4, 0.5) is 9.59 Å². The monoisotopic (exact) mass is 494 g/mol. The smallest absolute Gasteiger partial charge is 0.410 e. The van der Waals surface area contributed by atoms with Gasteiger partial charge in [0.2, 0.25) is 0 Å². The van der Waals surface area contributed by atoms with Gasteiger partial charge < -0.3 is 25.0 Å². The topological polar surface area (TPSA) is 125 Å². The predicted molar refractivity (Wildman–Crippen MR) is 133 cm³/mol. The molecular weight excluding hydrogens is 452 g/mol. The Balaban J connectivity index is 3.00. The second-order valence-corrected chi connectivity index (χ2v) is 10.2. The fraction of sp³-hybridized carbons (Fsp3) is 0.654. The maximum Gasteiger partial charge on any atom is 0.410 e. The molecule has 0 aliphatic heterocycles. The van der Waals surface area contributed by atoms with E-state index in [9.17, 15) is 24.6 Å². The Morgan fingerprint density at radius 1 is 1.11 bits per heavy atom. The highest BCUT2D eigenvalue weighted by atomic mass is 16.6. The number of carbonyl (C=O) groups excluding carboxylic acids is 2. The van der Waals surface area contributed by atoms with E-state index in [4.69, 9.17) is 9.47 Å². The summed E-state index contributed by atoms with van der Waals surface area (Å²) >= 11 is 0. The van der Waals surface area contributed by atoms with Gasteiger partial charge in [-0.1, -0.05) is 57.5 Å². The Bertz CT molecular complexity index is 793. The van der Waals surface area contributed by atoms with Crippen molar-refractivity contribution in [3.63, 3.8) is 0 Å². The fourth-order valence-corrected chi connectivity index (χ4v) is 3.62. The van der Waals surface area contributed by atoms with Gasteiger partial charge in [0.15, 0.2) is 0 Å². The van der Waals surface area contributed by atoms with Crippen molar-refractivity contribution in [2.45, 2.75) is 85.2 Å². The number of benzene rings is 1. The molecule has 0 aromatic heterocycles. The summed E-state index contributed by atoms with van der Waals surface area (Å²) in [7, 11) is 0. The first kappa shape index (κ1) is 30.2. The van der Waals surface area contributed by atoms with Crippen molar-refractivity contribution in [2.75, 3.05) is 13.1 Å². The van der Waals surface area contributed by atoms with Crippen LogP contribution in [0.5, 0.6) is 0 Å². The van der Waals surface area contributed by atoms with E-state index in [1.54, 1.807) is 32.9 Å². The molecule has 0 heterocycles. The van der Waals surface area contributed by atoms with E-state index in [2.05, 4.69) is 5.32 Å². The van der Waals surface area contributed by atoms with Crippen LogP contribution in [-0.2, 0) is 20.9 Å². The van der Waals surface area contributed by atoms with E-state index < -0.39 is 41.8 Å². The van der Waals surface area contributed by atoms with Crippen molar-refractivity contribution in [3.8, 4) is 0 Å². The van der Waals surface area contributed by atoms with Crippen LogP contribution in [0.15, 0.2) is 30.3 Å². The molecule has 3 atom stereocenters. The van der Waals surface area contributed by atoms with E-state index in [0.29, 0.717) is 6.42 Å². The first-order chi connectivity index (χ1) is 16.3. The molecule has 0 saturated heterocycles. The zero-order valence-electron chi connectivity index (χ0n) is 21.8. The van der Waals surface area contributed by atoms with Crippen LogP contribution >= 0.6 is 0 Å². The van der Waals surface area contributed by atoms with Crippen LogP contribution in [-0.4, -0.2) is 64.1 Å². The number of carboxylic acid groups (broad SMARTS) is 1. The number of alkyl carbamates (subject to hydrolysis) is 1. The molecule has 0 fully saturated rings. The minimum Gasteiger partial charge on any atom is -0.480 e. The lowest BCUT2D eigenvalue weighted by molar-refractivity contribution is -0.144. The van der Waals surface area contributed by atoms with Crippen molar-refractivity contribution in [3.05, 3.63) is 35.9 Å². The molecule has 0 bridgehead atoms. The van der Waals surface area contributed by atoms with Gasteiger partial charge in [0.25, 0.3) is 0 Å². The van der Waals surface area contributed by atoms with Gasteiger partial charge in [-0.3, -0.25) is 4.90 Å². The number of ether oxygens (including phenoxy) is 2. The third-order valence-electron chi connectivity index (χ3n) is 5.29. The molecule has 0 saturated carbocycles. The van der Waals surface area contributed by atoms with E-state index in [0.717, 1.165) is 16.9 Å². The lowest BCUT2D eigenvalue weighted by Crippen LogP contribution is -2.51.